The first-order valence-electron chi connectivity index (χ1n) is 9.59. The molecule has 0 spiro atoms. The Morgan fingerprint density at radius 1 is 1.06 bits per heavy atom. The van der Waals surface area contributed by atoms with E-state index in [1.807, 2.05) is 6.92 Å². The Morgan fingerprint density at radius 3 is 2.50 bits per heavy atom. The second-order valence-corrected chi connectivity index (χ2v) is 7.26. The fourth-order valence-corrected chi connectivity index (χ4v) is 2.96. The number of hydrogen-bond acceptors (Lipinski definition) is 6. The number of anilines is 1. The van der Waals surface area contributed by atoms with Crippen molar-refractivity contribution in [3.05, 3.63) is 76.9 Å². The van der Waals surface area contributed by atoms with Gasteiger partial charge in [0.2, 0.25) is 0 Å². The molecule has 8 nitrogen and oxygen atoms in total. The van der Waals surface area contributed by atoms with Crippen LogP contribution >= 0.6 is 11.6 Å². The van der Waals surface area contributed by atoms with Crippen LogP contribution in [0.3, 0.4) is 0 Å². The van der Waals surface area contributed by atoms with E-state index in [1.165, 1.54) is 12.1 Å². The van der Waals surface area contributed by atoms with Gasteiger partial charge in [0.15, 0.2) is 0 Å². The SMILES string of the molecule is COC[C@H](C)Oc1cc(Oc2cccc(Cl)c2)cc(C(=O)Nc2ccc(C(=O)O)cn2)c1. The molecule has 32 heavy (non-hydrogen) atoms. The summed E-state index contributed by atoms with van der Waals surface area (Å²) in [6.45, 7) is 2.20. The molecule has 1 heterocycles. The molecule has 166 valence electrons. The predicted octanol–water partition coefficient (Wildman–Crippen LogP) is 4.89. The standard InChI is InChI=1S/C23H21ClN2O6/c1-14(13-30-2)31-19-8-16(9-20(11-19)32-18-5-3-4-17(24)10-18)22(27)26-21-7-6-15(12-25-21)23(28)29/h3-12,14H,13H2,1-2H3,(H,28,29)(H,25,26,27)/t14-/m0/s1. The summed E-state index contributed by atoms with van der Waals surface area (Å²) < 4.78 is 16.8. The number of hydrogen-bond donors (Lipinski definition) is 2. The molecule has 9 heteroatoms. The molecule has 0 saturated heterocycles. The lowest BCUT2D eigenvalue weighted by Crippen LogP contribution is -2.19. The van der Waals surface area contributed by atoms with Gasteiger partial charge in [0, 0.05) is 30.0 Å². The van der Waals surface area contributed by atoms with Crippen LogP contribution in [0.5, 0.6) is 17.2 Å². The lowest BCUT2D eigenvalue weighted by molar-refractivity contribution is 0.0696. The summed E-state index contributed by atoms with van der Waals surface area (Å²) in [5, 5.41) is 12.1. The number of carbonyl (C=O) groups is 2. The maximum absolute atomic E-state index is 12.8. The van der Waals surface area contributed by atoms with Gasteiger partial charge in [0.05, 0.1) is 12.2 Å². The molecular weight excluding hydrogens is 436 g/mol. The van der Waals surface area contributed by atoms with E-state index in [2.05, 4.69) is 10.3 Å². The van der Waals surface area contributed by atoms with Crippen molar-refractivity contribution in [1.82, 2.24) is 4.98 Å². The number of aromatic carboxylic acids is 1. The minimum Gasteiger partial charge on any atom is -0.488 e. The number of rotatable bonds is 9. The average molecular weight is 457 g/mol. The van der Waals surface area contributed by atoms with E-state index >= 15 is 0 Å². The molecule has 0 bridgehead atoms. The smallest absolute Gasteiger partial charge is 0.337 e. The molecule has 0 radical (unpaired) electrons. The van der Waals surface area contributed by atoms with Crippen LogP contribution in [0.15, 0.2) is 60.8 Å². The largest absolute Gasteiger partial charge is 0.488 e. The molecule has 0 aliphatic heterocycles. The third-order valence-corrected chi connectivity index (χ3v) is 4.40. The molecular formula is C23H21ClN2O6. The van der Waals surface area contributed by atoms with Gasteiger partial charge in [-0.2, -0.15) is 0 Å². The molecule has 0 fully saturated rings. The number of carboxylic acid groups (broad SMARTS) is 1. The van der Waals surface area contributed by atoms with E-state index in [1.54, 1.807) is 49.6 Å². The van der Waals surface area contributed by atoms with Gasteiger partial charge < -0.3 is 24.6 Å². The molecule has 1 aromatic heterocycles. The number of benzene rings is 2. The number of halogens is 1. The van der Waals surface area contributed by atoms with Gasteiger partial charge in [-0.05, 0) is 49.4 Å². The van der Waals surface area contributed by atoms with Crippen LogP contribution in [0.2, 0.25) is 5.02 Å². The third kappa shape index (κ3) is 6.44. The highest BCUT2D eigenvalue weighted by molar-refractivity contribution is 6.30. The van der Waals surface area contributed by atoms with E-state index in [0.29, 0.717) is 28.9 Å². The van der Waals surface area contributed by atoms with E-state index in [-0.39, 0.29) is 23.0 Å². The van der Waals surface area contributed by atoms with Gasteiger partial charge in [-0.25, -0.2) is 9.78 Å². The average Bonchev–Trinajstić information content (AvgIpc) is 2.74. The molecule has 0 aliphatic carbocycles. The molecule has 2 N–H and O–H groups in total. The van der Waals surface area contributed by atoms with Gasteiger partial charge in [-0.1, -0.05) is 17.7 Å². The maximum atomic E-state index is 12.8. The summed E-state index contributed by atoms with van der Waals surface area (Å²) in [4.78, 5) is 27.7. The van der Waals surface area contributed by atoms with Gasteiger partial charge in [0.25, 0.3) is 5.91 Å². The third-order valence-electron chi connectivity index (χ3n) is 4.16. The van der Waals surface area contributed by atoms with Crippen LogP contribution in [-0.4, -0.2) is 41.8 Å². The van der Waals surface area contributed by atoms with Crippen molar-refractivity contribution in [3.8, 4) is 17.2 Å². The number of pyridine rings is 1. The molecule has 1 amide bonds. The van der Waals surface area contributed by atoms with E-state index in [0.717, 1.165) is 6.20 Å². The molecule has 0 aliphatic rings. The maximum Gasteiger partial charge on any atom is 0.337 e. The Kier molecular flexibility index (Phi) is 7.64. The number of carbonyl (C=O) groups excluding carboxylic acids is 1. The van der Waals surface area contributed by atoms with Gasteiger partial charge in [0.1, 0.15) is 29.2 Å². The molecule has 3 aromatic rings. The second-order valence-electron chi connectivity index (χ2n) is 6.83. The first kappa shape index (κ1) is 23.1. The van der Waals surface area contributed by atoms with Crippen molar-refractivity contribution in [2.75, 3.05) is 19.0 Å². The van der Waals surface area contributed by atoms with Gasteiger partial charge in [-0.3, -0.25) is 4.79 Å². The highest BCUT2D eigenvalue weighted by Crippen LogP contribution is 2.29. The fraction of sp³-hybridized carbons (Fsp3) is 0.174. The number of ether oxygens (including phenoxy) is 3. The van der Waals surface area contributed by atoms with Crippen LogP contribution in [0.25, 0.3) is 0 Å². The van der Waals surface area contributed by atoms with E-state index < -0.39 is 11.9 Å². The van der Waals surface area contributed by atoms with Gasteiger partial charge >= 0.3 is 5.97 Å². The zero-order chi connectivity index (χ0) is 23.1. The number of amides is 1. The normalized spacial score (nSPS) is 11.5. The Labute approximate surface area is 189 Å². The van der Waals surface area contributed by atoms with Crippen molar-refractivity contribution in [1.29, 1.82) is 0 Å². The monoisotopic (exact) mass is 456 g/mol. The fourth-order valence-electron chi connectivity index (χ4n) is 2.78. The van der Waals surface area contributed by atoms with Crippen LogP contribution < -0.4 is 14.8 Å². The summed E-state index contributed by atoms with van der Waals surface area (Å²) in [5.41, 5.74) is 0.274. The first-order chi connectivity index (χ1) is 15.3. The quantitative estimate of drug-likeness (QED) is 0.472. The van der Waals surface area contributed by atoms with Crippen molar-refractivity contribution in [2.24, 2.45) is 0 Å². The summed E-state index contributed by atoms with van der Waals surface area (Å²) in [5.74, 6) is -0.0926. The number of aromatic nitrogens is 1. The van der Waals surface area contributed by atoms with Crippen molar-refractivity contribution >= 4 is 29.3 Å². The number of nitrogens with zero attached hydrogens (tertiary/aromatic N) is 1. The lowest BCUT2D eigenvalue weighted by atomic mass is 10.1. The number of methoxy groups -OCH3 is 1. The zero-order valence-electron chi connectivity index (χ0n) is 17.4. The summed E-state index contributed by atoms with van der Waals surface area (Å²) in [6, 6.07) is 14.4. The van der Waals surface area contributed by atoms with Crippen molar-refractivity contribution < 1.29 is 28.9 Å². The Hall–Kier alpha value is -3.62. The summed E-state index contributed by atoms with van der Waals surface area (Å²) >= 11 is 6.02. The van der Waals surface area contributed by atoms with Crippen molar-refractivity contribution in [3.63, 3.8) is 0 Å². The Bertz CT molecular complexity index is 1100. The Morgan fingerprint density at radius 2 is 1.84 bits per heavy atom. The molecule has 3 rings (SSSR count). The van der Waals surface area contributed by atoms with Crippen LogP contribution in [-0.2, 0) is 4.74 Å². The highest BCUT2D eigenvalue weighted by Gasteiger charge is 2.14. The van der Waals surface area contributed by atoms with Crippen molar-refractivity contribution in [2.45, 2.75) is 13.0 Å². The molecule has 0 unspecified atom stereocenters. The van der Waals surface area contributed by atoms with E-state index in [9.17, 15) is 9.59 Å². The highest BCUT2D eigenvalue weighted by atomic mass is 35.5. The topological polar surface area (TPSA) is 107 Å². The Balaban J connectivity index is 1.86. The number of nitrogens with one attached hydrogen (secondary N) is 1. The van der Waals surface area contributed by atoms with E-state index in [4.69, 9.17) is 30.9 Å². The predicted molar refractivity (Wildman–Crippen MR) is 119 cm³/mol. The van der Waals surface area contributed by atoms with Crippen LogP contribution in [0.1, 0.15) is 27.6 Å². The van der Waals surface area contributed by atoms with Crippen LogP contribution in [0, 0.1) is 0 Å². The lowest BCUT2D eigenvalue weighted by Gasteiger charge is -2.16. The number of carboxylic acids is 1. The molecule has 2 aromatic carbocycles. The second kappa shape index (κ2) is 10.6. The van der Waals surface area contributed by atoms with Gasteiger partial charge in [-0.15, -0.1) is 0 Å². The first-order valence-corrected chi connectivity index (χ1v) is 9.96. The minimum absolute atomic E-state index is 0.0164. The summed E-state index contributed by atoms with van der Waals surface area (Å²) in [6.07, 6.45) is 0.903. The molecule has 1 atom stereocenters. The minimum atomic E-state index is -1.10. The van der Waals surface area contributed by atoms with Crippen LogP contribution in [0.4, 0.5) is 5.82 Å². The zero-order valence-corrected chi connectivity index (χ0v) is 18.1. The molecule has 0 saturated carbocycles. The summed E-state index contributed by atoms with van der Waals surface area (Å²) in [7, 11) is 1.57.